The first-order valence-corrected chi connectivity index (χ1v) is 5.09. The Hall–Kier alpha value is -0.820. The number of nitrogens with one attached hydrogen (secondary N) is 1. The van der Waals surface area contributed by atoms with E-state index in [9.17, 15) is 0 Å². The summed E-state index contributed by atoms with van der Waals surface area (Å²) in [4.78, 5) is 0. The highest BCUT2D eigenvalue weighted by Crippen LogP contribution is 2.36. The Balaban J connectivity index is 2.42. The van der Waals surface area contributed by atoms with Crippen LogP contribution in [-0.2, 0) is 0 Å². The van der Waals surface area contributed by atoms with Crippen LogP contribution in [0.2, 0.25) is 0 Å². The summed E-state index contributed by atoms with van der Waals surface area (Å²) in [6.07, 6.45) is 2.58. The van der Waals surface area contributed by atoms with E-state index in [0.717, 1.165) is 5.92 Å². The summed E-state index contributed by atoms with van der Waals surface area (Å²) in [5.41, 5.74) is 3.04. The fraction of sp³-hybridized carbons (Fsp3) is 0.500. The topological polar surface area (TPSA) is 12.0 Å². The normalized spacial score (nSPS) is 26.9. The molecule has 1 aromatic rings. The molecule has 1 aromatic carbocycles. The summed E-state index contributed by atoms with van der Waals surface area (Å²) in [7, 11) is 2.05. The second kappa shape index (κ2) is 3.51. The van der Waals surface area contributed by atoms with Crippen LogP contribution in [0.15, 0.2) is 24.3 Å². The third-order valence-corrected chi connectivity index (χ3v) is 3.14. The highest BCUT2D eigenvalue weighted by Gasteiger charge is 2.22. The number of fused-ring (bicyclic) bond motifs is 1. The van der Waals surface area contributed by atoms with E-state index >= 15 is 0 Å². The van der Waals surface area contributed by atoms with Crippen LogP contribution in [0.25, 0.3) is 0 Å². The lowest BCUT2D eigenvalue weighted by atomic mass is 9.81. The van der Waals surface area contributed by atoms with Crippen molar-refractivity contribution >= 4 is 0 Å². The summed E-state index contributed by atoms with van der Waals surface area (Å²) < 4.78 is 0. The van der Waals surface area contributed by atoms with Gasteiger partial charge in [0.05, 0.1) is 0 Å². The molecule has 1 N–H and O–H groups in total. The Labute approximate surface area is 80.2 Å². The van der Waals surface area contributed by atoms with Gasteiger partial charge in [0.15, 0.2) is 0 Å². The van der Waals surface area contributed by atoms with Crippen molar-refractivity contribution < 1.29 is 0 Å². The van der Waals surface area contributed by atoms with Crippen LogP contribution < -0.4 is 5.32 Å². The molecule has 70 valence electrons. The fourth-order valence-electron chi connectivity index (χ4n) is 2.30. The average Bonchev–Trinajstić information content (AvgIpc) is 2.19. The van der Waals surface area contributed by atoms with Crippen molar-refractivity contribution in [2.24, 2.45) is 0 Å². The van der Waals surface area contributed by atoms with Crippen molar-refractivity contribution in [3.63, 3.8) is 0 Å². The molecule has 0 unspecified atom stereocenters. The van der Waals surface area contributed by atoms with Crippen LogP contribution in [0, 0.1) is 0 Å². The first kappa shape index (κ1) is 8.76. The van der Waals surface area contributed by atoms with Crippen molar-refractivity contribution in [2.45, 2.75) is 31.7 Å². The quantitative estimate of drug-likeness (QED) is 0.692. The molecule has 2 atom stereocenters. The molecule has 0 saturated carbocycles. The maximum absolute atomic E-state index is 3.38. The third-order valence-electron chi connectivity index (χ3n) is 3.14. The van der Waals surface area contributed by atoms with Gasteiger partial charge in [-0.1, -0.05) is 31.2 Å². The van der Waals surface area contributed by atoms with Crippen molar-refractivity contribution in [3.05, 3.63) is 35.4 Å². The molecule has 0 aliphatic heterocycles. The summed E-state index contributed by atoms with van der Waals surface area (Å²) >= 11 is 0. The number of hydrogen-bond acceptors (Lipinski definition) is 1. The Morgan fingerprint density at radius 3 is 2.54 bits per heavy atom. The lowest BCUT2D eigenvalue weighted by Gasteiger charge is -2.29. The van der Waals surface area contributed by atoms with E-state index < -0.39 is 0 Å². The molecular formula is C12H17N. The van der Waals surface area contributed by atoms with Gasteiger partial charge >= 0.3 is 0 Å². The maximum Gasteiger partial charge on any atom is 0.0320 e. The van der Waals surface area contributed by atoms with E-state index in [1.807, 2.05) is 0 Å². The van der Waals surface area contributed by atoms with Crippen molar-refractivity contribution in [1.29, 1.82) is 0 Å². The van der Waals surface area contributed by atoms with Crippen LogP contribution in [-0.4, -0.2) is 7.05 Å². The van der Waals surface area contributed by atoms with E-state index in [2.05, 4.69) is 43.6 Å². The Kier molecular flexibility index (Phi) is 2.36. The van der Waals surface area contributed by atoms with E-state index in [1.54, 1.807) is 0 Å². The van der Waals surface area contributed by atoms with Gasteiger partial charge in [0, 0.05) is 6.04 Å². The molecule has 0 saturated heterocycles. The lowest BCUT2D eigenvalue weighted by molar-refractivity contribution is 0.460. The zero-order valence-electron chi connectivity index (χ0n) is 8.38. The molecule has 2 rings (SSSR count). The summed E-state index contributed by atoms with van der Waals surface area (Å²) in [6, 6.07) is 9.39. The molecule has 0 amide bonds. The minimum absolute atomic E-state index is 0.576. The second-order valence-electron chi connectivity index (χ2n) is 3.95. The summed E-state index contributed by atoms with van der Waals surface area (Å²) in [5, 5.41) is 3.38. The Morgan fingerprint density at radius 1 is 1.15 bits per heavy atom. The minimum Gasteiger partial charge on any atom is -0.313 e. The molecule has 0 fully saturated rings. The highest BCUT2D eigenvalue weighted by atomic mass is 14.9. The van der Waals surface area contributed by atoms with Crippen LogP contribution in [0.3, 0.4) is 0 Å². The van der Waals surface area contributed by atoms with Gasteiger partial charge in [-0.2, -0.15) is 0 Å². The minimum atomic E-state index is 0.576. The average molecular weight is 175 g/mol. The molecule has 1 aliphatic rings. The molecule has 1 heteroatoms. The van der Waals surface area contributed by atoms with Crippen LogP contribution in [0.5, 0.6) is 0 Å². The van der Waals surface area contributed by atoms with Crippen molar-refractivity contribution in [2.75, 3.05) is 7.05 Å². The molecule has 0 bridgehead atoms. The van der Waals surface area contributed by atoms with Gasteiger partial charge in [0.1, 0.15) is 0 Å². The number of hydrogen-bond donors (Lipinski definition) is 1. The first-order chi connectivity index (χ1) is 6.33. The van der Waals surface area contributed by atoms with E-state index in [4.69, 9.17) is 0 Å². The summed E-state index contributed by atoms with van der Waals surface area (Å²) in [5.74, 6) is 0.737. The number of rotatable bonds is 1. The molecular weight excluding hydrogens is 158 g/mol. The van der Waals surface area contributed by atoms with Gasteiger partial charge in [0.25, 0.3) is 0 Å². The third kappa shape index (κ3) is 1.49. The van der Waals surface area contributed by atoms with Crippen LogP contribution >= 0.6 is 0 Å². The highest BCUT2D eigenvalue weighted by molar-refractivity contribution is 5.34. The molecule has 0 heterocycles. The molecule has 1 nitrogen and oxygen atoms in total. The van der Waals surface area contributed by atoms with E-state index in [1.165, 1.54) is 24.0 Å². The Morgan fingerprint density at radius 2 is 1.85 bits per heavy atom. The predicted molar refractivity (Wildman–Crippen MR) is 55.9 cm³/mol. The molecule has 1 aliphatic carbocycles. The van der Waals surface area contributed by atoms with Crippen LogP contribution in [0.4, 0.5) is 0 Å². The molecule has 0 radical (unpaired) electrons. The van der Waals surface area contributed by atoms with Gasteiger partial charge < -0.3 is 5.32 Å². The van der Waals surface area contributed by atoms with Gasteiger partial charge in [-0.3, -0.25) is 0 Å². The Bertz CT molecular complexity index is 293. The first-order valence-electron chi connectivity index (χ1n) is 5.09. The van der Waals surface area contributed by atoms with Crippen LogP contribution in [0.1, 0.15) is 42.9 Å². The lowest BCUT2D eigenvalue weighted by Crippen LogP contribution is -2.22. The van der Waals surface area contributed by atoms with E-state index in [-0.39, 0.29) is 0 Å². The van der Waals surface area contributed by atoms with Gasteiger partial charge in [-0.25, -0.2) is 0 Å². The van der Waals surface area contributed by atoms with Gasteiger partial charge in [0.2, 0.25) is 0 Å². The van der Waals surface area contributed by atoms with E-state index in [0.29, 0.717) is 6.04 Å². The van der Waals surface area contributed by atoms with Crippen molar-refractivity contribution in [1.82, 2.24) is 5.32 Å². The monoisotopic (exact) mass is 175 g/mol. The maximum atomic E-state index is 3.38. The van der Waals surface area contributed by atoms with Gasteiger partial charge in [-0.05, 0) is 36.9 Å². The summed E-state index contributed by atoms with van der Waals surface area (Å²) in [6.45, 7) is 2.32. The second-order valence-corrected chi connectivity index (χ2v) is 3.95. The van der Waals surface area contributed by atoms with Gasteiger partial charge in [-0.15, -0.1) is 0 Å². The smallest absolute Gasteiger partial charge is 0.0320 e. The molecule has 13 heavy (non-hydrogen) atoms. The standard InChI is InChI=1S/C12H17N/c1-9-7-8-12(13-2)11-6-4-3-5-10(9)11/h3-6,9,12-13H,7-8H2,1-2H3/t9-,12+/m1/s1. The zero-order chi connectivity index (χ0) is 9.26. The predicted octanol–water partition coefficient (Wildman–Crippen LogP) is 2.84. The fourth-order valence-corrected chi connectivity index (χ4v) is 2.30. The largest absolute Gasteiger partial charge is 0.313 e. The number of benzene rings is 1. The molecule has 0 aromatic heterocycles. The zero-order valence-corrected chi connectivity index (χ0v) is 8.38. The SMILES string of the molecule is CN[C@H]1CC[C@@H](C)c2ccccc21. The molecule has 0 spiro atoms. The van der Waals surface area contributed by atoms with Crippen molar-refractivity contribution in [3.8, 4) is 0 Å².